The van der Waals surface area contributed by atoms with Crippen LogP contribution in [0, 0.1) is 0 Å². The van der Waals surface area contributed by atoms with Crippen molar-refractivity contribution in [3.05, 3.63) is 72.9 Å². The van der Waals surface area contributed by atoms with Gasteiger partial charge in [-0.05, 0) is 70.6 Å². The third-order valence-electron chi connectivity index (χ3n) is 18.1. The Balaban J connectivity index is 1.64. The number of aliphatic hydroxyl groups excluding tert-OH is 8. The van der Waals surface area contributed by atoms with E-state index in [9.17, 15) is 45.6 Å². The molecule has 2 fully saturated rings. The normalized spacial score (nSPS) is 23.2. The zero-order chi connectivity index (χ0) is 65.9. The topological polar surface area (TPSA) is 228 Å². The van der Waals surface area contributed by atoms with Crippen LogP contribution < -0.4 is 5.32 Å². The van der Waals surface area contributed by atoms with E-state index in [0.29, 0.717) is 12.8 Å². The summed E-state index contributed by atoms with van der Waals surface area (Å²) in [5.74, 6) is -0.245. The van der Waals surface area contributed by atoms with Crippen molar-refractivity contribution in [1.29, 1.82) is 0 Å². The molecule has 0 aromatic carbocycles. The van der Waals surface area contributed by atoms with E-state index >= 15 is 0 Å². The summed E-state index contributed by atoms with van der Waals surface area (Å²) in [4.78, 5) is 13.4. The second-order valence-electron chi connectivity index (χ2n) is 26.4. The molecule has 1 amide bonds. The number of unbranched alkanes of at least 4 members (excludes halogenated alkanes) is 39. The second-order valence-corrected chi connectivity index (χ2v) is 26.4. The van der Waals surface area contributed by atoms with Gasteiger partial charge in [0.15, 0.2) is 12.6 Å². The van der Waals surface area contributed by atoms with Crippen molar-refractivity contribution in [2.45, 2.75) is 389 Å². The molecule has 12 unspecified atom stereocenters. The van der Waals surface area contributed by atoms with Crippen molar-refractivity contribution in [1.82, 2.24) is 5.32 Å². The number of hydrogen-bond donors (Lipinski definition) is 9. The van der Waals surface area contributed by atoms with Crippen molar-refractivity contribution in [3.63, 3.8) is 0 Å². The van der Waals surface area contributed by atoms with Gasteiger partial charge >= 0.3 is 0 Å². The fraction of sp³-hybridized carbons (Fsp3) is 0.831. The summed E-state index contributed by atoms with van der Waals surface area (Å²) < 4.78 is 22.9. The number of carbonyl (C=O) groups is 1. The first-order valence-corrected chi connectivity index (χ1v) is 37.7. The smallest absolute Gasteiger partial charge is 0.220 e. The summed E-state index contributed by atoms with van der Waals surface area (Å²) in [6.07, 6.45) is 66.9. The quantitative estimate of drug-likeness (QED) is 0.0204. The summed E-state index contributed by atoms with van der Waals surface area (Å²) in [5.41, 5.74) is 0. The summed E-state index contributed by atoms with van der Waals surface area (Å²) in [6, 6.07) is -0.934. The lowest BCUT2D eigenvalue weighted by atomic mass is 9.97. The van der Waals surface area contributed by atoms with Crippen LogP contribution >= 0.6 is 0 Å². The third-order valence-corrected chi connectivity index (χ3v) is 18.1. The molecule has 0 aromatic heterocycles. The lowest BCUT2D eigenvalue weighted by molar-refractivity contribution is -0.359. The molecular formula is C77H139NO13. The highest BCUT2D eigenvalue weighted by atomic mass is 16.7. The van der Waals surface area contributed by atoms with Crippen LogP contribution in [0.4, 0.5) is 0 Å². The van der Waals surface area contributed by atoms with Crippen molar-refractivity contribution in [3.8, 4) is 0 Å². The van der Waals surface area contributed by atoms with Gasteiger partial charge in [0.05, 0.1) is 32.0 Å². The largest absolute Gasteiger partial charge is 0.394 e. The maximum absolute atomic E-state index is 13.4. The van der Waals surface area contributed by atoms with E-state index in [1.54, 1.807) is 6.08 Å². The SMILES string of the molecule is CC/C=C\C/C=C\C/C=C\C/C=C\CCCCCCCCCCCCCCCCCCCCCCC(=O)NC(COC1OC(CO)C(OC2OC(CO)C(O)C(O)C2O)C(O)C1O)C(O)/C=C/CC/C=C/CCCCCCCCCCCCCCCCCCCC. The molecule has 9 N–H and O–H groups in total. The minimum absolute atomic E-state index is 0.245. The maximum atomic E-state index is 13.4. The Hall–Kier alpha value is -2.57. The zero-order valence-electron chi connectivity index (χ0n) is 57.8. The molecule has 0 bridgehead atoms. The Labute approximate surface area is 555 Å². The van der Waals surface area contributed by atoms with E-state index in [4.69, 9.17) is 18.9 Å². The predicted molar refractivity (Wildman–Crippen MR) is 373 cm³/mol. The zero-order valence-corrected chi connectivity index (χ0v) is 57.8. The van der Waals surface area contributed by atoms with Crippen LogP contribution in [0.15, 0.2) is 72.9 Å². The molecule has 2 saturated heterocycles. The lowest BCUT2D eigenvalue weighted by Gasteiger charge is -2.46. The van der Waals surface area contributed by atoms with Crippen LogP contribution in [0.5, 0.6) is 0 Å². The first-order chi connectivity index (χ1) is 44.6. The van der Waals surface area contributed by atoms with Gasteiger partial charge < -0.3 is 65.1 Å². The van der Waals surface area contributed by atoms with E-state index in [1.807, 2.05) is 6.08 Å². The Morgan fingerprint density at radius 1 is 0.407 bits per heavy atom. The molecule has 2 heterocycles. The first kappa shape index (κ1) is 84.5. The maximum Gasteiger partial charge on any atom is 0.220 e. The van der Waals surface area contributed by atoms with Gasteiger partial charge in [0.2, 0.25) is 5.91 Å². The van der Waals surface area contributed by atoms with E-state index < -0.39 is 86.8 Å². The Bertz CT molecular complexity index is 1800. The number of ether oxygens (including phenoxy) is 4. The van der Waals surface area contributed by atoms with E-state index in [0.717, 1.165) is 57.8 Å². The summed E-state index contributed by atoms with van der Waals surface area (Å²) in [5, 5.41) is 87.5. The van der Waals surface area contributed by atoms with E-state index in [-0.39, 0.29) is 18.9 Å². The summed E-state index contributed by atoms with van der Waals surface area (Å²) >= 11 is 0. The van der Waals surface area contributed by atoms with Crippen molar-refractivity contribution in [2.75, 3.05) is 19.8 Å². The van der Waals surface area contributed by atoms with Gasteiger partial charge in [-0.1, -0.05) is 311 Å². The molecule has 0 saturated carbocycles. The monoisotopic (exact) mass is 1290 g/mol. The number of nitrogens with one attached hydrogen (secondary N) is 1. The van der Waals surface area contributed by atoms with Gasteiger partial charge in [0, 0.05) is 6.42 Å². The van der Waals surface area contributed by atoms with Crippen LogP contribution in [0.2, 0.25) is 0 Å². The average molecular weight is 1290 g/mol. The molecule has 530 valence electrons. The highest BCUT2D eigenvalue weighted by Crippen LogP contribution is 2.30. The Kier molecular flexibility index (Phi) is 56.7. The molecule has 14 nitrogen and oxygen atoms in total. The highest BCUT2D eigenvalue weighted by Gasteiger charge is 2.51. The first-order valence-electron chi connectivity index (χ1n) is 37.7. The molecule has 2 aliphatic rings. The van der Waals surface area contributed by atoms with Crippen molar-refractivity contribution in [2.24, 2.45) is 0 Å². The molecule has 2 aliphatic heterocycles. The molecule has 0 spiro atoms. The molecule has 0 radical (unpaired) electrons. The lowest BCUT2D eigenvalue weighted by Crippen LogP contribution is -2.65. The number of amides is 1. The molecular weight excluding hydrogens is 1150 g/mol. The fourth-order valence-electron chi connectivity index (χ4n) is 12.2. The van der Waals surface area contributed by atoms with Crippen molar-refractivity contribution >= 4 is 5.91 Å². The standard InChI is InChI=1S/C77H139NO13/c1-3-5-7-9-11-13-15-17-19-21-23-25-27-29-30-31-32-33-34-35-36-37-39-41-43-45-47-49-51-53-55-57-59-61-69(82)78-65(64-88-76-74(87)72(85)75(68(63-80)90-76)91-77-73(86)71(84)70(83)67(62-79)89-77)66(81)60-58-56-54-52-50-48-46-44-42-40-38-28-26-24-22-20-18-16-14-12-10-8-6-4-2/h5,7,11,13,17,19,23,25,50,52,58,60,65-68,70-77,79-81,83-87H,3-4,6,8-10,12,14-16,18,20-22,24,26-49,51,53-57,59,61-64H2,1-2H3,(H,78,82)/b7-5-,13-11-,19-17-,25-23-,52-50+,60-58+. The average Bonchev–Trinajstić information content (AvgIpc) is 1.28. The number of rotatable bonds is 62. The fourth-order valence-corrected chi connectivity index (χ4v) is 12.2. The number of aliphatic hydroxyl groups is 8. The molecule has 14 heteroatoms. The van der Waals surface area contributed by atoms with Gasteiger partial charge in [-0.15, -0.1) is 0 Å². The van der Waals surface area contributed by atoms with Crippen molar-refractivity contribution < 1.29 is 64.6 Å². The minimum atomic E-state index is -1.79. The third kappa shape index (κ3) is 44.7. The number of allylic oxidation sites excluding steroid dienone is 11. The van der Waals surface area contributed by atoms with E-state index in [1.165, 1.54) is 225 Å². The summed E-state index contributed by atoms with van der Waals surface area (Å²) in [6.45, 7) is 2.71. The predicted octanol–water partition coefficient (Wildman–Crippen LogP) is 16.2. The van der Waals surface area contributed by atoms with Crippen LogP contribution in [0.3, 0.4) is 0 Å². The van der Waals surface area contributed by atoms with Gasteiger partial charge in [0.25, 0.3) is 0 Å². The van der Waals surface area contributed by atoms with Crippen LogP contribution in [0.25, 0.3) is 0 Å². The Morgan fingerprint density at radius 2 is 0.769 bits per heavy atom. The Morgan fingerprint density at radius 3 is 1.21 bits per heavy atom. The van der Waals surface area contributed by atoms with Gasteiger partial charge in [0.1, 0.15) is 48.8 Å². The molecule has 12 atom stereocenters. The molecule has 0 aliphatic carbocycles. The minimum Gasteiger partial charge on any atom is -0.394 e. The number of hydrogen-bond acceptors (Lipinski definition) is 13. The van der Waals surface area contributed by atoms with E-state index in [2.05, 4.69) is 79.9 Å². The van der Waals surface area contributed by atoms with Gasteiger partial charge in [-0.2, -0.15) is 0 Å². The summed E-state index contributed by atoms with van der Waals surface area (Å²) in [7, 11) is 0. The number of carbonyl (C=O) groups excluding carboxylic acids is 1. The molecule has 0 aromatic rings. The van der Waals surface area contributed by atoms with Gasteiger partial charge in [-0.25, -0.2) is 0 Å². The highest BCUT2D eigenvalue weighted by molar-refractivity contribution is 5.76. The van der Waals surface area contributed by atoms with Crippen LogP contribution in [0.1, 0.15) is 316 Å². The van der Waals surface area contributed by atoms with Gasteiger partial charge in [-0.3, -0.25) is 4.79 Å². The van der Waals surface area contributed by atoms with Crippen LogP contribution in [-0.2, 0) is 23.7 Å². The second kappa shape index (κ2) is 61.1. The molecule has 91 heavy (non-hydrogen) atoms. The molecule has 2 rings (SSSR count). The van der Waals surface area contributed by atoms with Crippen LogP contribution in [-0.4, -0.2) is 140 Å².